The summed E-state index contributed by atoms with van der Waals surface area (Å²) < 4.78 is 5.41. The van der Waals surface area contributed by atoms with Crippen LogP contribution in [0, 0.1) is 11.8 Å². The zero-order valence-corrected chi connectivity index (χ0v) is 10.1. The second-order valence-electron chi connectivity index (χ2n) is 4.49. The lowest BCUT2D eigenvalue weighted by molar-refractivity contribution is -0.131. The largest absolute Gasteiger partial charge is 0.368 e. The third-order valence-electron chi connectivity index (χ3n) is 3.37. The molecule has 3 nitrogen and oxygen atoms in total. The highest BCUT2D eigenvalue weighted by atomic mass is 16.5. The number of amides is 1. The molecule has 1 saturated heterocycles. The molecule has 1 fully saturated rings. The van der Waals surface area contributed by atoms with Crippen LogP contribution in [0.3, 0.4) is 0 Å². The molecule has 0 aromatic heterocycles. The van der Waals surface area contributed by atoms with Crippen LogP contribution in [0.1, 0.15) is 40.0 Å². The highest BCUT2D eigenvalue weighted by Gasteiger charge is 2.30. The Morgan fingerprint density at radius 3 is 2.60 bits per heavy atom. The fourth-order valence-electron chi connectivity index (χ4n) is 1.95. The van der Waals surface area contributed by atoms with Crippen LogP contribution in [0.2, 0.25) is 0 Å². The SMILES string of the molecule is CCC(CC)CNC(=O)C1OCCC1C. The maximum Gasteiger partial charge on any atom is 0.249 e. The van der Waals surface area contributed by atoms with Crippen LogP contribution < -0.4 is 5.32 Å². The molecule has 1 amide bonds. The predicted molar refractivity (Wildman–Crippen MR) is 60.6 cm³/mol. The lowest BCUT2D eigenvalue weighted by Crippen LogP contribution is -2.39. The van der Waals surface area contributed by atoms with Crippen molar-refractivity contribution in [3.8, 4) is 0 Å². The number of hydrogen-bond acceptors (Lipinski definition) is 2. The van der Waals surface area contributed by atoms with Gasteiger partial charge < -0.3 is 10.1 Å². The van der Waals surface area contributed by atoms with Crippen molar-refractivity contribution in [2.45, 2.75) is 46.1 Å². The van der Waals surface area contributed by atoms with Gasteiger partial charge in [0.1, 0.15) is 6.10 Å². The van der Waals surface area contributed by atoms with E-state index in [9.17, 15) is 4.79 Å². The maximum absolute atomic E-state index is 11.8. The molecule has 1 N–H and O–H groups in total. The molecule has 0 radical (unpaired) electrons. The molecular weight excluding hydrogens is 190 g/mol. The normalized spacial score (nSPS) is 25.9. The summed E-state index contributed by atoms with van der Waals surface area (Å²) in [6.45, 7) is 7.92. The van der Waals surface area contributed by atoms with Crippen LogP contribution >= 0.6 is 0 Å². The van der Waals surface area contributed by atoms with E-state index in [2.05, 4.69) is 26.1 Å². The van der Waals surface area contributed by atoms with E-state index < -0.39 is 0 Å². The Morgan fingerprint density at radius 1 is 1.47 bits per heavy atom. The van der Waals surface area contributed by atoms with Gasteiger partial charge in [0.15, 0.2) is 0 Å². The summed E-state index contributed by atoms with van der Waals surface area (Å²) in [4.78, 5) is 11.8. The Bertz CT molecular complexity index is 202. The molecule has 3 heteroatoms. The highest BCUT2D eigenvalue weighted by molar-refractivity contribution is 5.81. The van der Waals surface area contributed by atoms with Crippen molar-refractivity contribution in [1.82, 2.24) is 5.32 Å². The third-order valence-corrected chi connectivity index (χ3v) is 3.37. The number of carbonyl (C=O) groups excluding carboxylic acids is 1. The molecule has 1 heterocycles. The first kappa shape index (κ1) is 12.5. The number of carbonyl (C=O) groups is 1. The molecule has 88 valence electrons. The van der Waals surface area contributed by atoms with Gasteiger partial charge in [-0.05, 0) is 18.3 Å². The van der Waals surface area contributed by atoms with Crippen LogP contribution in [0.25, 0.3) is 0 Å². The van der Waals surface area contributed by atoms with Crippen LogP contribution in [0.15, 0.2) is 0 Å². The number of rotatable bonds is 5. The molecule has 1 rings (SSSR count). The Hall–Kier alpha value is -0.570. The van der Waals surface area contributed by atoms with Gasteiger partial charge in [0.25, 0.3) is 0 Å². The predicted octanol–water partition coefficient (Wildman–Crippen LogP) is 1.96. The fraction of sp³-hybridized carbons (Fsp3) is 0.917. The van der Waals surface area contributed by atoms with Gasteiger partial charge >= 0.3 is 0 Å². The first-order valence-corrected chi connectivity index (χ1v) is 6.08. The van der Waals surface area contributed by atoms with Gasteiger partial charge in [-0.3, -0.25) is 4.79 Å². The van der Waals surface area contributed by atoms with Gasteiger partial charge in [-0.1, -0.05) is 33.6 Å². The maximum atomic E-state index is 11.8. The quantitative estimate of drug-likeness (QED) is 0.758. The van der Waals surface area contributed by atoms with E-state index in [4.69, 9.17) is 4.74 Å². The van der Waals surface area contributed by atoms with Gasteiger partial charge in [-0.15, -0.1) is 0 Å². The molecule has 0 bridgehead atoms. The van der Waals surface area contributed by atoms with Crippen molar-refractivity contribution in [2.75, 3.05) is 13.2 Å². The zero-order valence-electron chi connectivity index (χ0n) is 10.1. The molecule has 2 atom stereocenters. The summed E-state index contributed by atoms with van der Waals surface area (Å²) in [5.41, 5.74) is 0. The summed E-state index contributed by atoms with van der Waals surface area (Å²) in [6.07, 6.45) is 3.04. The fourth-order valence-corrected chi connectivity index (χ4v) is 1.95. The number of ether oxygens (including phenoxy) is 1. The van der Waals surface area contributed by atoms with Crippen molar-refractivity contribution in [2.24, 2.45) is 11.8 Å². The van der Waals surface area contributed by atoms with Crippen molar-refractivity contribution in [3.05, 3.63) is 0 Å². The van der Waals surface area contributed by atoms with E-state index in [-0.39, 0.29) is 12.0 Å². The third kappa shape index (κ3) is 3.49. The number of hydrogen-bond donors (Lipinski definition) is 1. The molecule has 0 aromatic rings. The van der Waals surface area contributed by atoms with Gasteiger partial charge in [-0.2, -0.15) is 0 Å². The molecule has 2 unspecified atom stereocenters. The van der Waals surface area contributed by atoms with Crippen molar-refractivity contribution < 1.29 is 9.53 Å². The van der Waals surface area contributed by atoms with Gasteiger partial charge in [0.2, 0.25) is 5.91 Å². The smallest absolute Gasteiger partial charge is 0.249 e. The minimum absolute atomic E-state index is 0.0758. The first-order chi connectivity index (χ1) is 7.19. The molecule has 0 spiro atoms. The number of nitrogens with one attached hydrogen (secondary N) is 1. The highest BCUT2D eigenvalue weighted by Crippen LogP contribution is 2.20. The molecule has 0 aliphatic carbocycles. The van der Waals surface area contributed by atoms with E-state index >= 15 is 0 Å². The average Bonchev–Trinajstić information content (AvgIpc) is 2.66. The van der Waals surface area contributed by atoms with E-state index in [0.29, 0.717) is 11.8 Å². The summed E-state index contributed by atoms with van der Waals surface area (Å²) >= 11 is 0. The second kappa shape index (κ2) is 6.11. The van der Waals surface area contributed by atoms with Crippen LogP contribution in [0.5, 0.6) is 0 Å². The summed E-state index contributed by atoms with van der Waals surface area (Å²) in [6, 6.07) is 0. The van der Waals surface area contributed by atoms with Crippen molar-refractivity contribution >= 4 is 5.91 Å². The first-order valence-electron chi connectivity index (χ1n) is 6.08. The van der Waals surface area contributed by atoms with Crippen molar-refractivity contribution in [3.63, 3.8) is 0 Å². The van der Waals surface area contributed by atoms with Crippen LogP contribution in [-0.2, 0) is 9.53 Å². The molecule has 1 aliphatic rings. The lowest BCUT2D eigenvalue weighted by Gasteiger charge is -2.17. The van der Waals surface area contributed by atoms with Crippen molar-refractivity contribution in [1.29, 1.82) is 0 Å². The Labute approximate surface area is 92.6 Å². The average molecular weight is 213 g/mol. The summed E-state index contributed by atoms with van der Waals surface area (Å²) in [7, 11) is 0. The minimum atomic E-state index is -0.209. The molecular formula is C12H23NO2. The molecule has 15 heavy (non-hydrogen) atoms. The van der Waals surface area contributed by atoms with E-state index in [1.165, 1.54) is 0 Å². The molecule has 1 aliphatic heterocycles. The summed E-state index contributed by atoms with van der Waals surface area (Å²) in [5, 5.41) is 2.99. The standard InChI is InChI=1S/C12H23NO2/c1-4-10(5-2)8-13-12(14)11-9(3)6-7-15-11/h9-11H,4-8H2,1-3H3,(H,13,14). The topological polar surface area (TPSA) is 38.3 Å². The van der Waals surface area contributed by atoms with Gasteiger partial charge in [0.05, 0.1) is 0 Å². The van der Waals surface area contributed by atoms with E-state index in [1.807, 2.05) is 0 Å². The lowest BCUT2D eigenvalue weighted by atomic mass is 10.0. The van der Waals surface area contributed by atoms with Gasteiger partial charge in [0, 0.05) is 13.2 Å². The van der Waals surface area contributed by atoms with Gasteiger partial charge in [-0.25, -0.2) is 0 Å². The Kier molecular flexibility index (Phi) is 5.09. The van der Waals surface area contributed by atoms with E-state index in [1.54, 1.807) is 0 Å². The Morgan fingerprint density at radius 2 is 2.13 bits per heavy atom. The van der Waals surface area contributed by atoms with Crippen LogP contribution in [0.4, 0.5) is 0 Å². The Balaban J connectivity index is 2.29. The second-order valence-corrected chi connectivity index (χ2v) is 4.49. The molecule has 0 aromatic carbocycles. The van der Waals surface area contributed by atoms with E-state index in [0.717, 1.165) is 32.4 Å². The molecule has 0 saturated carbocycles. The van der Waals surface area contributed by atoms with Crippen LogP contribution in [-0.4, -0.2) is 25.2 Å². The summed E-state index contributed by atoms with van der Waals surface area (Å²) in [5.74, 6) is 1.05. The monoisotopic (exact) mass is 213 g/mol. The zero-order chi connectivity index (χ0) is 11.3. The minimum Gasteiger partial charge on any atom is -0.368 e.